The first-order valence-corrected chi connectivity index (χ1v) is 6.38. The molecule has 2 aliphatic rings. The van der Waals surface area contributed by atoms with Crippen molar-refractivity contribution in [3.05, 3.63) is 30.3 Å². The quantitative estimate of drug-likeness (QED) is 0.731. The highest BCUT2D eigenvalue weighted by Crippen LogP contribution is 2.45. The Morgan fingerprint density at radius 3 is 2.80 bits per heavy atom. The molecule has 2 saturated heterocycles. The molecule has 2 nitrogen and oxygen atoms in total. The van der Waals surface area contributed by atoms with Crippen LogP contribution in [0.3, 0.4) is 0 Å². The summed E-state index contributed by atoms with van der Waals surface area (Å²) in [5.74, 6) is 0. The number of benzene rings is 1. The van der Waals surface area contributed by atoms with Crippen LogP contribution in [0.5, 0.6) is 0 Å². The van der Waals surface area contributed by atoms with Crippen LogP contribution in [-0.2, 0) is 0 Å². The summed E-state index contributed by atoms with van der Waals surface area (Å²) in [6.07, 6.45) is 2.64. The van der Waals surface area contributed by atoms with Crippen molar-refractivity contribution in [3.63, 3.8) is 0 Å². The number of anilines is 1. The number of nitrogens with zero attached hydrogens (tertiary/aromatic N) is 1. The van der Waals surface area contributed by atoms with Gasteiger partial charge in [0, 0.05) is 18.8 Å². The van der Waals surface area contributed by atoms with E-state index in [1.165, 1.54) is 38.2 Å². The molecule has 1 spiro atoms. The fraction of sp³-hybridized carbons (Fsp3) is 0.500. The van der Waals surface area contributed by atoms with Crippen molar-refractivity contribution in [1.82, 2.24) is 5.32 Å². The third-order valence-electron chi connectivity index (χ3n) is 3.32. The minimum atomic E-state index is 0.496. The Morgan fingerprint density at radius 2 is 2.07 bits per heavy atom. The van der Waals surface area contributed by atoms with E-state index in [1.54, 1.807) is 0 Å². The largest absolute Gasteiger partial charge is 0.316 e. The summed E-state index contributed by atoms with van der Waals surface area (Å²) in [5.41, 5.74) is 1.35. The maximum atomic E-state index is 3.48. The molecule has 0 aromatic heterocycles. The molecule has 0 aliphatic carbocycles. The number of hydrogen-bond donors (Lipinski definition) is 1. The van der Waals surface area contributed by atoms with Crippen molar-refractivity contribution in [1.29, 1.82) is 0 Å². The second kappa shape index (κ2) is 3.72. The van der Waals surface area contributed by atoms with Crippen LogP contribution in [0.25, 0.3) is 0 Å². The molecule has 80 valence electrons. The number of rotatable bonds is 1. The molecule has 2 fully saturated rings. The standard InChI is InChI=1S/C12H16N2S/c1-2-4-11(5-3-1)14-9-7-12(15-14)6-8-13-10-12/h1-5,13H,6-10H2. The van der Waals surface area contributed by atoms with Crippen molar-refractivity contribution in [2.75, 3.05) is 23.9 Å². The van der Waals surface area contributed by atoms with Gasteiger partial charge in [0.25, 0.3) is 0 Å². The third kappa shape index (κ3) is 1.74. The van der Waals surface area contributed by atoms with Gasteiger partial charge < -0.3 is 9.62 Å². The van der Waals surface area contributed by atoms with Crippen LogP contribution in [0.1, 0.15) is 12.8 Å². The van der Waals surface area contributed by atoms with Crippen LogP contribution < -0.4 is 9.62 Å². The van der Waals surface area contributed by atoms with E-state index in [2.05, 4.69) is 40.0 Å². The predicted octanol–water partition coefficient (Wildman–Crippen LogP) is 2.28. The summed E-state index contributed by atoms with van der Waals surface area (Å²) in [6.45, 7) is 3.56. The first-order valence-electron chi connectivity index (χ1n) is 5.60. The number of nitrogens with one attached hydrogen (secondary N) is 1. The van der Waals surface area contributed by atoms with Crippen molar-refractivity contribution in [2.45, 2.75) is 17.6 Å². The average molecular weight is 220 g/mol. The van der Waals surface area contributed by atoms with Crippen molar-refractivity contribution in [2.24, 2.45) is 0 Å². The lowest BCUT2D eigenvalue weighted by atomic mass is 10.0. The second-order valence-electron chi connectivity index (χ2n) is 4.39. The Morgan fingerprint density at radius 1 is 1.20 bits per heavy atom. The van der Waals surface area contributed by atoms with E-state index in [1.807, 2.05) is 11.9 Å². The van der Waals surface area contributed by atoms with Crippen LogP contribution in [-0.4, -0.2) is 24.4 Å². The van der Waals surface area contributed by atoms with E-state index in [9.17, 15) is 0 Å². The average Bonchev–Trinajstić information content (AvgIpc) is 2.91. The van der Waals surface area contributed by atoms with Gasteiger partial charge in [0.05, 0.1) is 4.75 Å². The van der Waals surface area contributed by atoms with Crippen LogP contribution in [0.15, 0.2) is 30.3 Å². The van der Waals surface area contributed by atoms with E-state index in [-0.39, 0.29) is 0 Å². The number of hydrogen-bond acceptors (Lipinski definition) is 3. The SMILES string of the molecule is c1ccc(N2CCC3(CCNC3)S2)cc1. The van der Waals surface area contributed by atoms with Gasteiger partial charge in [-0.05, 0) is 43.5 Å². The molecule has 3 rings (SSSR count). The lowest BCUT2D eigenvalue weighted by molar-refractivity contribution is 0.625. The molecule has 3 heteroatoms. The molecule has 2 aliphatic heterocycles. The van der Waals surface area contributed by atoms with Crippen molar-refractivity contribution in [3.8, 4) is 0 Å². The highest BCUT2D eigenvalue weighted by atomic mass is 32.2. The molecule has 0 saturated carbocycles. The van der Waals surface area contributed by atoms with Crippen molar-refractivity contribution < 1.29 is 0 Å². The molecule has 1 aromatic carbocycles. The van der Waals surface area contributed by atoms with E-state index < -0.39 is 0 Å². The summed E-state index contributed by atoms with van der Waals surface area (Å²) >= 11 is 2.04. The number of para-hydroxylation sites is 1. The molecular formula is C12H16N2S. The van der Waals surface area contributed by atoms with E-state index >= 15 is 0 Å². The maximum Gasteiger partial charge on any atom is 0.0513 e. The minimum Gasteiger partial charge on any atom is -0.316 e. The summed E-state index contributed by atoms with van der Waals surface area (Å²) in [7, 11) is 0. The predicted molar refractivity (Wildman–Crippen MR) is 66.2 cm³/mol. The van der Waals surface area contributed by atoms with E-state index in [4.69, 9.17) is 0 Å². The molecule has 0 bridgehead atoms. The Labute approximate surface area is 95.2 Å². The van der Waals surface area contributed by atoms with Crippen LogP contribution in [0, 0.1) is 0 Å². The maximum absolute atomic E-state index is 3.48. The first kappa shape index (κ1) is 9.55. The fourth-order valence-electron chi connectivity index (χ4n) is 2.42. The molecule has 15 heavy (non-hydrogen) atoms. The topological polar surface area (TPSA) is 15.3 Å². The minimum absolute atomic E-state index is 0.496. The van der Waals surface area contributed by atoms with E-state index in [0.29, 0.717) is 4.75 Å². The van der Waals surface area contributed by atoms with Gasteiger partial charge in [0.1, 0.15) is 0 Å². The van der Waals surface area contributed by atoms with Gasteiger partial charge in [0.2, 0.25) is 0 Å². The zero-order valence-corrected chi connectivity index (χ0v) is 9.59. The van der Waals surface area contributed by atoms with Crippen LogP contribution in [0.2, 0.25) is 0 Å². The summed E-state index contributed by atoms with van der Waals surface area (Å²) in [6, 6.07) is 10.7. The fourth-order valence-corrected chi connectivity index (χ4v) is 3.84. The normalized spacial score (nSPS) is 30.3. The van der Waals surface area contributed by atoms with Gasteiger partial charge in [0.15, 0.2) is 0 Å². The Kier molecular flexibility index (Phi) is 2.37. The molecule has 2 heterocycles. The van der Waals surface area contributed by atoms with Gasteiger partial charge in [-0.3, -0.25) is 0 Å². The van der Waals surface area contributed by atoms with Gasteiger partial charge >= 0.3 is 0 Å². The van der Waals surface area contributed by atoms with Gasteiger partial charge in [-0.25, -0.2) is 0 Å². The Balaban J connectivity index is 1.76. The molecule has 0 radical (unpaired) electrons. The molecule has 1 unspecified atom stereocenters. The molecule has 1 N–H and O–H groups in total. The lowest BCUT2D eigenvalue weighted by Gasteiger charge is -2.22. The van der Waals surface area contributed by atoms with Gasteiger partial charge in [-0.15, -0.1) is 0 Å². The summed E-state index contributed by atoms with van der Waals surface area (Å²) < 4.78 is 2.95. The van der Waals surface area contributed by atoms with E-state index in [0.717, 1.165) is 0 Å². The molecular weight excluding hydrogens is 204 g/mol. The molecule has 1 aromatic rings. The lowest BCUT2D eigenvalue weighted by Crippen LogP contribution is -2.24. The first-order chi connectivity index (χ1) is 7.38. The highest BCUT2D eigenvalue weighted by Gasteiger charge is 2.41. The summed E-state index contributed by atoms with van der Waals surface area (Å²) in [4.78, 5) is 0. The summed E-state index contributed by atoms with van der Waals surface area (Å²) in [5, 5.41) is 3.48. The Bertz CT molecular complexity index is 333. The zero-order chi connectivity index (χ0) is 10.1. The Hall–Kier alpha value is -0.670. The van der Waals surface area contributed by atoms with Crippen molar-refractivity contribution >= 4 is 17.6 Å². The van der Waals surface area contributed by atoms with Gasteiger partial charge in [-0.1, -0.05) is 18.2 Å². The monoisotopic (exact) mass is 220 g/mol. The molecule has 1 atom stereocenters. The van der Waals surface area contributed by atoms with Gasteiger partial charge in [-0.2, -0.15) is 0 Å². The van der Waals surface area contributed by atoms with Crippen LogP contribution >= 0.6 is 11.9 Å². The zero-order valence-electron chi connectivity index (χ0n) is 8.78. The third-order valence-corrected chi connectivity index (χ3v) is 4.88. The smallest absolute Gasteiger partial charge is 0.0513 e. The second-order valence-corrected chi connectivity index (χ2v) is 5.88. The molecule has 0 amide bonds. The van der Waals surface area contributed by atoms with Crippen LogP contribution in [0.4, 0.5) is 5.69 Å². The highest BCUT2D eigenvalue weighted by molar-refractivity contribution is 8.02.